The van der Waals surface area contributed by atoms with E-state index in [1.807, 2.05) is 0 Å². The number of hydrogen-bond donors (Lipinski definition) is 3. The zero-order valence-corrected chi connectivity index (χ0v) is 7.47. The van der Waals surface area contributed by atoms with Crippen LogP contribution in [0.25, 0.3) is 0 Å². The van der Waals surface area contributed by atoms with Crippen molar-refractivity contribution in [2.45, 2.75) is 4.21 Å². The molecule has 0 spiro atoms. The molecule has 0 amide bonds. The number of carbonyl (C=O) groups is 1. The lowest BCUT2D eigenvalue weighted by Gasteiger charge is -1.86. The van der Waals surface area contributed by atoms with E-state index in [0.717, 1.165) is 4.21 Å². The second-order valence-corrected chi connectivity index (χ2v) is 3.92. The Balaban J connectivity index is 3.15. The van der Waals surface area contributed by atoms with E-state index in [4.69, 9.17) is 5.73 Å². The summed E-state index contributed by atoms with van der Waals surface area (Å²) in [7, 11) is 0. The maximum atomic E-state index is 10.6. The zero-order chi connectivity index (χ0) is 7.72. The molecule has 0 bridgehead atoms. The van der Waals surface area contributed by atoms with Crippen LogP contribution in [0.3, 0.4) is 0 Å². The third-order valence-electron chi connectivity index (χ3n) is 0.942. The summed E-state index contributed by atoms with van der Waals surface area (Å²) in [6.45, 7) is 0. The van der Waals surface area contributed by atoms with Crippen LogP contribution >= 0.6 is 36.6 Å². The van der Waals surface area contributed by atoms with Gasteiger partial charge in [-0.2, -0.15) is 0 Å². The molecule has 0 atom stereocenters. The molecule has 0 aliphatic rings. The van der Waals surface area contributed by atoms with Gasteiger partial charge in [-0.05, 0) is 6.07 Å². The standard InChI is InChI=1S/C5H5NOS3/c6-2-1-3(8)10-4(2)5(7)9/h1,8H,6H2,(H,7,9). The average Bonchev–Trinajstić information content (AvgIpc) is 2.10. The first-order chi connectivity index (χ1) is 4.61. The lowest BCUT2D eigenvalue weighted by atomic mass is 10.4. The van der Waals surface area contributed by atoms with Crippen molar-refractivity contribution in [1.82, 2.24) is 0 Å². The van der Waals surface area contributed by atoms with Crippen LogP contribution in [-0.4, -0.2) is 5.12 Å². The highest BCUT2D eigenvalue weighted by Gasteiger charge is 2.08. The van der Waals surface area contributed by atoms with Gasteiger partial charge in [0.15, 0.2) is 0 Å². The number of anilines is 1. The van der Waals surface area contributed by atoms with Crippen molar-refractivity contribution < 1.29 is 4.79 Å². The van der Waals surface area contributed by atoms with Gasteiger partial charge in [-0.25, -0.2) is 0 Å². The van der Waals surface area contributed by atoms with E-state index in [2.05, 4.69) is 25.3 Å². The van der Waals surface area contributed by atoms with Gasteiger partial charge in [-0.1, -0.05) is 12.6 Å². The Bertz CT molecular complexity index is 268. The van der Waals surface area contributed by atoms with Crippen molar-refractivity contribution in [3.8, 4) is 0 Å². The molecule has 2 nitrogen and oxygen atoms in total. The fourth-order valence-corrected chi connectivity index (χ4v) is 1.90. The predicted octanol–water partition coefficient (Wildman–Crippen LogP) is 1.69. The highest BCUT2D eigenvalue weighted by molar-refractivity contribution is 7.97. The van der Waals surface area contributed by atoms with Crippen LogP contribution in [0.4, 0.5) is 5.69 Å². The zero-order valence-electron chi connectivity index (χ0n) is 4.87. The molecule has 0 aromatic carbocycles. The van der Waals surface area contributed by atoms with E-state index >= 15 is 0 Å². The third-order valence-corrected chi connectivity index (χ3v) is 2.67. The topological polar surface area (TPSA) is 43.1 Å². The number of hydrogen-bond acceptors (Lipinski definition) is 4. The minimum atomic E-state index is -0.303. The van der Waals surface area contributed by atoms with Gasteiger partial charge in [0.25, 0.3) is 0 Å². The normalized spacial score (nSPS) is 9.80. The average molecular weight is 191 g/mol. The summed E-state index contributed by atoms with van der Waals surface area (Å²) in [5, 5.41) is -0.303. The van der Waals surface area contributed by atoms with Gasteiger partial charge in [0.05, 0.1) is 9.90 Å². The summed E-state index contributed by atoms with van der Waals surface area (Å²) in [6.07, 6.45) is 0. The van der Waals surface area contributed by atoms with E-state index in [9.17, 15) is 4.79 Å². The molecule has 0 radical (unpaired) electrons. The second-order valence-electron chi connectivity index (χ2n) is 1.67. The van der Waals surface area contributed by atoms with Crippen molar-refractivity contribution >= 4 is 47.4 Å². The van der Waals surface area contributed by atoms with Crippen LogP contribution in [0, 0.1) is 0 Å². The molecule has 10 heavy (non-hydrogen) atoms. The molecule has 1 aromatic heterocycles. The van der Waals surface area contributed by atoms with Crippen LogP contribution in [-0.2, 0) is 0 Å². The summed E-state index contributed by atoms with van der Waals surface area (Å²) >= 11 is 8.89. The van der Waals surface area contributed by atoms with Gasteiger partial charge in [0, 0.05) is 0 Å². The molecule has 1 rings (SSSR count). The Morgan fingerprint density at radius 3 is 2.50 bits per heavy atom. The number of thiol groups is 2. The quantitative estimate of drug-likeness (QED) is 0.591. The molecule has 2 N–H and O–H groups in total. The van der Waals surface area contributed by atoms with E-state index in [-0.39, 0.29) is 5.12 Å². The fraction of sp³-hybridized carbons (Fsp3) is 0. The first kappa shape index (κ1) is 7.97. The van der Waals surface area contributed by atoms with Crippen molar-refractivity contribution in [1.29, 1.82) is 0 Å². The molecule has 0 saturated carbocycles. The van der Waals surface area contributed by atoms with Crippen LogP contribution in [0.2, 0.25) is 0 Å². The van der Waals surface area contributed by atoms with Gasteiger partial charge in [0.2, 0.25) is 5.12 Å². The molecule has 1 aromatic rings. The first-order valence-corrected chi connectivity index (χ1v) is 4.14. The summed E-state index contributed by atoms with van der Waals surface area (Å²) in [6, 6.07) is 1.64. The van der Waals surface area contributed by atoms with Crippen molar-refractivity contribution in [2.24, 2.45) is 0 Å². The molecular formula is C5H5NOS3. The lowest BCUT2D eigenvalue weighted by molar-refractivity contribution is 0.109. The summed E-state index contributed by atoms with van der Waals surface area (Å²) in [5.41, 5.74) is 5.89. The number of nitrogen functional groups attached to an aromatic ring is 1. The van der Waals surface area contributed by atoms with E-state index in [0.29, 0.717) is 10.6 Å². The van der Waals surface area contributed by atoms with Gasteiger partial charge in [-0.3, -0.25) is 4.79 Å². The minimum absolute atomic E-state index is 0.303. The Morgan fingerprint density at radius 2 is 2.30 bits per heavy atom. The highest BCUT2D eigenvalue weighted by atomic mass is 32.2. The summed E-state index contributed by atoms with van der Waals surface area (Å²) in [5.74, 6) is 0. The SMILES string of the molecule is Nc1cc(S)sc1C(=O)S. The summed E-state index contributed by atoms with van der Waals surface area (Å²) < 4.78 is 0.731. The molecule has 54 valence electrons. The van der Waals surface area contributed by atoms with Crippen molar-refractivity contribution in [3.05, 3.63) is 10.9 Å². The number of thiophene rings is 1. The van der Waals surface area contributed by atoms with Crippen LogP contribution in [0.5, 0.6) is 0 Å². The van der Waals surface area contributed by atoms with Crippen molar-refractivity contribution in [2.75, 3.05) is 5.73 Å². The fourth-order valence-electron chi connectivity index (χ4n) is 0.559. The number of nitrogens with two attached hydrogens (primary N) is 1. The van der Waals surface area contributed by atoms with E-state index in [1.54, 1.807) is 6.07 Å². The van der Waals surface area contributed by atoms with E-state index < -0.39 is 0 Å². The third kappa shape index (κ3) is 1.47. The molecule has 1 heterocycles. The van der Waals surface area contributed by atoms with Gasteiger partial charge >= 0.3 is 0 Å². The van der Waals surface area contributed by atoms with Crippen molar-refractivity contribution in [3.63, 3.8) is 0 Å². The Morgan fingerprint density at radius 1 is 1.70 bits per heavy atom. The maximum Gasteiger partial charge on any atom is 0.228 e. The Labute approximate surface area is 73.2 Å². The van der Waals surface area contributed by atoms with Gasteiger partial charge in [-0.15, -0.1) is 24.0 Å². The molecule has 0 unspecified atom stereocenters. The Kier molecular flexibility index (Phi) is 2.28. The monoisotopic (exact) mass is 191 g/mol. The van der Waals surface area contributed by atoms with Crippen LogP contribution < -0.4 is 5.73 Å². The van der Waals surface area contributed by atoms with Crippen LogP contribution in [0.1, 0.15) is 9.67 Å². The molecular weight excluding hydrogens is 186 g/mol. The highest BCUT2D eigenvalue weighted by Crippen LogP contribution is 2.28. The Hall–Kier alpha value is -0.130. The van der Waals surface area contributed by atoms with Crippen LogP contribution in [0.15, 0.2) is 10.3 Å². The minimum Gasteiger partial charge on any atom is -0.397 e. The first-order valence-electron chi connectivity index (χ1n) is 2.43. The number of rotatable bonds is 1. The number of carbonyl (C=O) groups excluding carboxylic acids is 1. The smallest absolute Gasteiger partial charge is 0.228 e. The lowest BCUT2D eigenvalue weighted by Crippen LogP contribution is -1.90. The molecule has 0 aliphatic heterocycles. The molecule has 0 aliphatic carbocycles. The predicted molar refractivity (Wildman–Crippen MR) is 49.3 cm³/mol. The molecule has 0 fully saturated rings. The second kappa shape index (κ2) is 2.86. The largest absolute Gasteiger partial charge is 0.397 e. The molecule has 0 saturated heterocycles. The molecule has 5 heteroatoms. The maximum absolute atomic E-state index is 10.6. The van der Waals surface area contributed by atoms with E-state index in [1.165, 1.54) is 11.3 Å². The summed E-state index contributed by atoms with van der Waals surface area (Å²) in [4.78, 5) is 11.1. The van der Waals surface area contributed by atoms with Gasteiger partial charge in [0.1, 0.15) is 4.88 Å². The van der Waals surface area contributed by atoms with Gasteiger partial charge < -0.3 is 5.73 Å².